The predicted octanol–water partition coefficient (Wildman–Crippen LogP) is 16.8. The molecule has 2 heterocycles. The number of hydrogen-bond donors (Lipinski definition) is 0. The van der Waals surface area contributed by atoms with E-state index in [0.29, 0.717) is 0 Å². The largest absolute Gasteiger partial charge is 0.455 e. The van der Waals surface area contributed by atoms with E-state index in [0.717, 1.165) is 78.0 Å². The van der Waals surface area contributed by atoms with Crippen LogP contribution in [0.3, 0.4) is 0 Å². The first kappa shape index (κ1) is 36.5. The van der Waals surface area contributed by atoms with Crippen LogP contribution in [0.15, 0.2) is 247 Å². The van der Waals surface area contributed by atoms with E-state index >= 15 is 0 Å². The smallest absolute Gasteiger partial charge is 0.143 e. The normalized spacial score (nSPS) is 11.5. The first-order valence-electron chi connectivity index (χ1n) is 21.5. The zero-order chi connectivity index (χ0) is 41.7. The van der Waals surface area contributed by atoms with Crippen molar-refractivity contribution in [3.63, 3.8) is 0 Å². The van der Waals surface area contributed by atoms with E-state index in [1.165, 1.54) is 33.0 Å². The third-order valence-corrected chi connectivity index (χ3v) is 12.4. The molecule has 0 aliphatic rings. The topological polar surface area (TPSA) is 21.3 Å². The summed E-state index contributed by atoms with van der Waals surface area (Å²) in [6, 6.07) is 87.1. The van der Waals surface area contributed by atoms with E-state index in [-0.39, 0.29) is 0 Å². The molecule has 0 amide bonds. The molecule has 0 saturated carbocycles. The minimum Gasteiger partial charge on any atom is -0.455 e. The van der Waals surface area contributed by atoms with Crippen molar-refractivity contribution in [3.8, 4) is 50.2 Å². The van der Waals surface area contributed by atoms with Gasteiger partial charge in [-0.05, 0) is 76.3 Å². The van der Waals surface area contributed by atoms with Crippen molar-refractivity contribution in [2.24, 2.45) is 0 Å². The molecule has 3 nitrogen and oxygen atoms in total. The summed E-state index contributed by atoms with van der Waals surface area (Å²) < 4.78 is 9.09. The van der Waals surface area contributed by atoms with Gasteiger partial charge < -0.3 is 13.9 Å². The van der Waals surface area contributed by atoms with Crippen molar-refractivity contribution in [3.05, 3.63) is 243 Å². The molecule has 0 bridgehead atoms. The SMILES string of the molecule is c1ccc(-c2ccc(N(c3ccccc3-c3ccccc3)c3cccc4c3c3ccccc3n4-c3ccccc3-c3cccc4c3oc3ccccc34)cc2-c2ccccc2)cc1. The lowest BCUT2D eigenvalue weighted by Crippen LogP contribution is -2.12. The van der Waals surface area contributed by atoms with Crippen molar-refractivity contribution < 1.29 is 4.42 Å². The summed E-state index contributed by atoms with van der Waals surface area (Å²) in [5.41, 5.74) is 17.5. The van der Waals surface area contributed by atoms with Crippen LogP contribution in [0.25, 0.3) is 93.9 Å². The summed E-state index contributed by atoms with van der Waals surface area (Å²) in [4.78, 5) is 2.48. The number of fused-ring (bicyclic) bond motifs is 6. The van der Waals surface area contributed by atoms with Crippen LogP contribution in [0, 0.1) is 0 Å². The lowest BCUT2D eigenvalue weighted by atomic mass is 9.93. The summed E-state index contributed by atoms with van der Waals surface area (Å²) in [6.45, 7) is 0. The van der Waals surface area contributed by atoms with E-state index in [9.17, 15) is 0 Å². The first-order chi connectivity index (χ1) is 31.3. The Bertz CT molecular complexity index is 3620. The highest BCUT2D eigenvalue weighted by Crippen LogP contribution is 2.49. The van der Waals surface area contributed by atoms with Crippen LogP contribution in [0.2, 0.25) is 0 Å². The number of furan rings is 1. The van der Waals surface area contributed by atoms with Gasteiger partial charge in [0.2, 0.25) is 0 Å². The van der Waals surface area contributed by atoms with E-state index in [1.54, 1.807) is 0 Å². The van der Waals surface area contributed by atoms with Gasteiger partial charge in [-0.1, -0.05) is 194 Å². The molecule has 0 unspecified atom stereocenters. The van der Waals surface area contributed by atoms with Gasteiger partial charge in [0.05, 0.1) is 28.1 Å². The second-order valence-electron chi connectivity index (χ2n) is 16.0. The Morgan fingerprint density at radius 2 is 0.873 bits per heavy atom. The number of nitrogens with zero attached hydrogens (tertiary/aromatic N) is 2. The predicted molar refractivity (Wildman–Crippen MR) is 264 cm³/mol. The summed E-state index contributed by atoms with van der Waals surface area (Å²) in [5, 5.41) is 4.58. The standard InChI is InChI=1S/C60H40N2O/c1-4-20-41(21-5-1)45-39-38-44(40-52(45)43-24-8-3-9-25-43)61(53-32-14-10-26-46(53)42-22-6-2-7-23-42)56-35-19-36-57-59(56)51-29-12-16-34-55(51)62(57)54-33-15-11-27-47(54)49-30-18-31-50-48-28-13-17-37-58(48)63-60(49)50/h1-40H. The third kappa shape index (κ3) is 6.13. The molecule has 3 heteroatoms. The Morgan fingerprint density at radius 3 is 1.65 bits per heavy atom. The van der Waals surface area contributed by atoms with Gasteiger partial charge in [-0.15, -0.1) is 0 Å². The van der Waals surface area contributed by atoms with Crippen LogP contribution < -0.4 is 4.90 Å². The maximum absolute atomic E-state index is 6.64. The van der Waals surface area contributed by atoms with Crippen molar-refractivity contribution in [1.29, 1.82) is 0 Å². The van der Waals surface area contributed by atoms with Gasteiger partial charge in [0.1, 0.15) is 11.2 Å². The summed E-state index contributed by atoms with van der Waals surface area (Å²) in [6.07, 6.45) is 0. The number of para-hydroxylation sites is 5. The molecule has 12 aromatic rings. The van der Waals surface area contributed by atoms with Crippen molar-refractivity contribution >= 4 is 60.8 Å². The maximum Gasteiger partial charge on any atom is 0.143 e. The molecule has 0 atom stereocenters. The van der Waals surface area contributed by atoms with Crippen LogP contribution in [0.1, 0.15) is 0 Å². The highest BCUT2D eigenvalue weighted by atomic mass is 16.3. The first-order valence-corrected chi connectivity index (χ1v) is 21.5. The molecule has 0 N–H and O–H groups in total. The Balaban J connectivity index is 1.14. The number of aromatic nitrogens is 1. The zero-order valence-corrected chi connectivity index (χ0v) is 34.4. The molecule has 0 aliphatic carbocycles. The molecule has 0 radical (unpaired) electrons. The van der Waals surface area contributed by atoms with Gasteiger partial charge in [-0.3, -0.25) is 0 Å². The van der Waals surface area contributed by atoms with E-state index in [4.69, 9.17) is 4.42 Å². The van der Waals surface area contributed by atoms with E-state index in [1.807, 2.05) is 6.07 Å². The number of benzene rings is 10. The lowest BCUT2D eigenvalue weighted by Gasteiger charge is -2.29. The maximum atomic E-state index is 6.64. The monoisotopic (exact) mass is 804 g/mol. The number of anilines is 3. The second-order valence-corrected chi connectivity index (χ2v) is 16.0. The van der Waals surface area contributed by atoms with Gasteiger partial charge in [0.15, 0.2) is 0 Å². The average Bonchev–Trinajstić information content (AvgIpc) is 3.92. The number of hydrogen-bond acceptors (Lipinski definition) is 2. The molecule has 296 valence electrons. The fourth-order valence-corrected chi connectivity index (χ4v) is 9.64. The number of rotatable bonds is 8. The Labute approximate surface area is 366 Å². The molecule has 0 fully saturated rings. The van der Waals surface area contributed by atoms with Gasteiger partial charge in [0.25, 0.3) is 0 Å². The van der Waals surface area contributed by atoms with Crippen molar-refractivity contribution in [2.75, 3.05) is 4.90 Å². The fraction of sp³-hybridized carbons (Fsp3) is 0. The van der Waals surface area contributed by atoms with Crippen LogP contribution in [-0.2, 0) is 0 Å². The van der Waals surface area contributed by atoms with Crippen molar-refractivity contribution in [2.45, 2.75) is 0 Å². The molecule has 10 aromatic carbocycles. The molecule has 2 aromatic heterocycles. The molecule has 63 heavy (non-hydrogen) atoms. The van der Waals surface area contributed by atoms with Crippen LogP contribution in [0.5, 0.6) is 0 Å². The zero-order valence-electron chi connectivity index (χ0n) is 34.4. The molecular weight excluding hydrogens is 765 g/mol. The quantitative estimate of drug-likeness (QED) is 0.153. The second kappa shape index (κ2) is 15.3. The van der Waals surface area contributed by atoms with Gasteiger partial charge in [0, 0.05) is 43.9 Å². The summed E-state index contributed by atoms with van der Waals surface area (Å²) in [5.74, 6) is 0. The Hall–Kier alpha value is -8.40. The van der Waals surface area contributed by atoms with Gasteiger partial charge >= 0.3 is 0 Å². The molecule has 12 rings (SSSR count). The summed E-state index contributed by atoms with van der Waals surface area (Å²) in [7, 11) is 0. The minimum atomic E-state index is 0.891. The molecule has 0 spiro atoms. The van der Waals surface area contributed by atoms with Crippen LogP contribution in [0.4, 0.5) is 17.1 Å². The van der Waals surface area contributed by atoms with Crippen molar-refractivity contribution in [1.82, 2.24) is 4.57 Å². The van der Waals surface area contributed by atoms with E-state index in [2.05, 4.69) is 246 Å². The lowest BCUT2D eigenvalue weighted by molar-refractivity contribution is 0.670. The van der Waals surface area contributed by atoms with Gasteiger partial charge in [-0.2, -0.15) is 0 Å². The van der Waals surface area contributed by atoms with Crippen LogP contribution >= 0.6 is 0 Å². The highest BCUT2D eigenvalue weighted by molar-refractivity contribution is 6.18. The van der Waals surface area contributed by atoms with Gasteiger partial charge in [-0.25, -0.2) is 0 Å². The minimum absolute atomic E-state index is 0.891. The average molecular weight is 805 g/mol. The molecular formula is C60H40N2O. The Morgan fingerprint density at radius 1 is 0.333 bits per heavy atom. The fourth-order valence-electron chi connectivity index (χ4n) is 9.64. The van der Waals surface area contributed by atoms with Crippen LogP contribution in [-0.4, -0.2) is 4.57 Å². The van der Waals surface area contributed by atoms with E-state index < -0.39 is 0 Å². The third-order valence-electron chi connectivity index (χ3n) is 12.4. The molecule has 0 aliphatic heterocycles. The molecule has 0 saturated heterocycles. The highest BCUT2D eigenvalue weighted by Gasteiger charge is 2.25. The Kier molecular flexibility index (Phi) is 8.83. The summed E-state index contributed by atoms with van der Waals surface area (Å²) >= 11 is 0.